The van der Waals surface area contributed by atoms with Crippen LogP contribution in [0.15, 0.2) is 29.0 Å². The molecular formula is C22H23ClN2O8. The van der Waals surface area contributed by atoms with Crippen LogP contribution in [0, 0.1) is 17.3 Å². The molecule has 1 amide bonds. The quantitative estimate of drug-likeness (QED) is 0.334. The van der Waals surface area contributed by atoms with Crippen LogP contribution in [0.25, 0.3) is 5.76 Å². The fourth-order valence-electron chi connectivity index (χ4n) is 5.64. The molecule has 0 saturated heterocycles. The van der Waals surface area contributed by atoms with Gasteiger partial charge in [0.15, 0.2) is 11.6 Å². The van der Waals surface area contributed by atoms with Gasteiger partial charge >= 0.3 is 0 Å². The lowest BCUT2D eigenvalue weighted by atomic mass is 9.52. The molecule has 0 bridgehead atoms. The van der Waals surface area contributed by atoms with Crippen molar-refractivity contribution in [1.29, 1.82) is 0 Å². The van der Waals surface area contributed by atoms with Gasteiger partial charge in [0, 0.05) is 28.0 Å². The monoisotopic (exact) mass is 478 g/mol. The third-order valence-electron chi connectivity index (χ3n) is 7.11. The Labute approximate surface area is 193 Å². The highest BCUT2D eigenvalue weighted by Crippen LogP contribution is 2.59. The van der Waals surface area contributed by atoms with Crippen molar-refractivity contribution in [3.05, 3.63) is 45.2 Å². The first-order chi connectivity index (χ1) is 15.4. The average Bonchev–Trinajstić information content (AvgIpc) is 2.73. The van der Waals surface area contributed by atoms with Crippen molar-refractivity contribution < 1.29 is 39.9 Å². The number of aliphatic hydroxyl groups excluding tert-OH is 4. The van der Waals surface area contributed by atoms with E-state index in [0.717, 1.165) is 0 Å². The molecule has 10 nitrogen and oxygen atoms in total. The zero-order valence-electron chi connectivity index (χ0n) is 17.7. The number of ketones is 2. The number of halogens is 1. The van der Waals surface area contributed by atoms with Crippen LogP contribution in [-0.4, -0.2) is 74.7 Å². The van der Waals surface area contributed by atoms with Crippen molar-refractivity contribution in [2.24, 2.45) is 23.0 Å². The normalized spacial score (nSPS) is 31.5. The number of carbonyl (C=O) groups is 3. The van der Waals surface area contributed by atoms with E-state index in [4.69, 9.17) is 17.3 Å². The van der Waals surface area contributed by atoms with Crippen LogP contribution >= 0.6 is 11.6 Å². The Balaban J connectivity index is 2.06. The molecule has 0 radical (unpaired) electrons. The number of phenolic OH excluding ortho intramolecular Hbond substituents is 1. The smallest absolute Gasteiger partial charge is 0.255 e. The molecule has 5 atom stereocenters. The maximum Gasteiger partial charge on any atom is 0.255 e. The topological polar surface area (TPSA) is 182 Å². The van der Waals surface area contributed by atoms with Gasteiger partial charge in [0.25, 0.3) is 5.91 Å². The lowest BCUT2D eigenvalue weighted by Crippen LogP contribution is -2.63. The molecule has 5 unspecified atom stereocenters. The summed E-state index contributed by atoms with van der Waals surface area (Å²) < 4.78 is 0. The summed E-state index contributed by atoms with van der Waals surface area (Å²) in [5.74, 6) is -7.27. The molecule has 0 aliphatic heterocycles. The summed E-state index contributed by atoms with van der Waals surface area (Å²) in [6.45, 7) is -0.995. The lowest BCUT2D eigenvalue weighted by molar-refractivity contribution is -0.146. The van der Waals surface area contributed by atoms with Crippen molar-refractivity contribution in [3.8, 4) is 5.75 Å². The van der Waals surface area contributed by atoms with Gasteiger partial charge in [-0.3, -0.25) is 19.3 Å². The Bertz CT molecular complexity index is 1170. The Morgan fingerprint density at radius 2 is 1.88 bits per heavy atom. The Kier molecular flexibility index (Phi) is 5.32. The van der Waals surface area contributed by atoms with Crippen molar-refractivity contribution >= 4 is 34.8 Å². The van der Waals surface area contributed by atoms with Crippen LogP contribution in [0.3, 0.4) is 0 Å². The second-order valence-corrected chi connectivity index (χ2v) is 9.24. The van der Waals surface area contributed by atoms with E-state index >= 15 is 0 Å². The molecule has 1 aromatic rings. The number of nitrogens with zero attached hydrogens (tertiary/aromatic N) is 1. The molecule has 176 valence electrons. The minimum Gasteiger partial charge on any atom is -0.510 e. The Morgan fingerprint density at radius 1 is 1.24 bits per heavy atom. The van der Waals surface area contributed by atoms with Gasteiger partial charge in [0.2, 0.25) is 0 Å². The average molecular weight is 479 g/mol. The number of rotatable bonds is 3. The van der Waals surface area contributed by atoms with Crippen LogP contribution in [0.4, 0.5) is 0 Å². The van der Waals surface area contributed by atoms with Crippen LogP contribution in [0.1, 0.15) is 23.7 Å². The van der Waals surface area contributed by atoms with Crippen molar-refractivity contribution in [2.45, 2.75) is 18.6 Å². The minimum absolute atomic E-state index is 0.0216. The second-order valence-electron chi connectivity index (χ2n) is 8.83. The third kappa shape index (κ3) is 2.81. The largest absolute Gasteiger partial charge is 0.510 e. The van der Waals surface area contributed by atoms with Crippen LogP contribution < -0.4 is 5.73 Å². The summed E-state index contributed by atoms with van der Waals surface area (Å²) in [6, 6.07) is 1.38. The van der Waals surface area contributed by atoms with Gasteiger partial charge in [-0.05, 0) is 32.6 Å². The maximum absolute atomic E-state index is 13.9. The fraction of sp³-hybridized carbons (Fsp3) is 0.409. The summed E-state index contributed by atoms with van der Waals surface area (Å²) in [5, 5.41) is 53.9. The molecule has 1 aromatic carbocycles. The minimum atomic E-state index is -2.17. The predicted molar refractivity (Wildman–Crippen MR) is 115 cm³/mol. The molecule has 0 heterocycles. The number of amides is 1. The van der Waals surface area contributed by atoms with Crippen molar-refractivity contribution in [2.75, 3.05) is 20.7 Å². The molecule has 3 aliphatic rings. The number of hydrogen-bond acceptors (Lipinski definition) is 9. The molecule has 1 saturated carbocycles. The summed E-state index contributed by atoms with van der Waals surface area (Å²) >= 11 is 6.22. The predicted octanol–water partition coefficient (Wildman–Crippen LogP) is 0.356. The van der Waals surface area contributed by atoms with E-state index < -0.39 is 76.3 Å². The van der Waals surface area contributed by atoms with Crippen LogP contribution in [0.5, 0.6) is 5.75 Å². The number of benzene rings is 1. The molecular weight excluding hydrogens is 456 g/mol. The number of Topliss-reactive ketones (excluding diaryl/α,β-unsaturated/α-hetero) is 2. The number of carbonyl (C=O) groups excluding carboxylic acids is 3. The SMILES string of the molecule is CN(C)C1C(=O)C(C(N)=O)=C(O)C2(CO)C(=O)C3=C(O)c4c(O)ccc(Cl)c4C(O)C3CC12. The van der Waals surface area contributed by atoms with Gasteiger partial charge < -0.3 is 31.3 Å². The van der Waals surface area contributed by atoms with E-state index in [-0.39, 0.29) is 28.1 Å². The second kappa shape index (κ2) is 7.56. The van der Waals surface area contributed by atoms with Gasteiger partial charge in [0.05, 0.1) is 24.3 Å². The number of likely N-dealkylation sites (N-methyl/N-ethyl adjacent to an activating group) is 1. The van der Waals surface area contributed by atoms with Gasteiger partial charge in [-0.15, -0.1) is 0 Å². The molecule has 0 spiro atoms. The first-order valence-corrected chi connectivity index (χ1v) is 10.5. The highest BCUT2D eigenvalue weighted by atomic mass is 35.5. The van der Waals surface area contributed by atoms with Gasteiger partial charge in [-0.25, -0.2) is 0 Å². The van der Waals surface area contributed by atoms with E-state index in [2.05, 4.69) is 0 Å². The number of nitrogens with two attached hydrogens (primary N) is 1. The zero-order valence-corrected chi connectivity index (χ0v) is 18.5. The number of phenols is 1. The van der Waals surface area contributed by atoms with Gasteiger partial charge in [0.1, 0.15) is 28.3 Å². The Hall–Kier alpha value is -2.92. The number of hydrogen-bond donors (Lipinski definition) is 6. The van der Waals surface area contributed by atoms with E-state index in [9.17, 15) is 39.9 Å². The van der Waals surface area contributed by atoms with E-state index in [1.54, 1.807) is 0 Å². The molecule has 0 aromatic heterocycles. The molecule has 1 fully saturated rings. The highest BCUT2D eigenvalue weighted by molar-refractivity contribution is 6.32. The first kappa shape index (κ1) is 23.2. The molecule has 4 rings (SSSR count). The molecule has 7 N–H and O–H groups in total. The molecule has 33 heavy (non-hydrogen) atoms. The summed E-state index contributed by atoms with van der Waals surface area (Å²) in [4.78, 5) is 40.5. The number of primary amides is 1. The standard InChI is InChI=1S/C22H23ClN2O8/c1-25(2)15-8-5-7-11(17(29)13-10(27)4-3-9(23)12(13)16(7)28)19(31)22(8,6-26)20(32)14(18(15)30)21(24)33/h3-4,7-8,15-16,26-29,32H,5-6H2,1-2H3,(H2,24,33). The number of aliphatic hydroxyl groups is 4. The van der Waals surface area contributed by atoms with Crippen molar-refractivity contribution in [3.63, 3.8) is 0 Å². The van der Waals surface area contributed by atoms with Crippen molar-refractivity contribution in [1.82, 2.24) is 4.90 Å². The van der Waals surface area contributed by atoms with E-state index in [1.165, 1.54) is 31.1 Å². The number of aromatic hydroxyl groups is 1. The Morgan fingerprint density at radius 3 is 2.42 bits per heavy atom. The fourth-order valence-corrected chi connectivity index (χ4v) is 5.91. The van der Waals surface area contributed by atoms with E-state index in [1.807, 2.05) is 0 Å². The zero-order chi connectivity index (χ0) is 24.6. The summed E-state index contributed by atoms with van der Waals surface area (Å²) in [5.41, 5.74) is 1.80. The van der Waals surface area contributed by atoms with Gasteiger partial charge in [-0.1, -0.05) is 11.6 Å². The number of fused-ring (bicyclic) bond motifs is 3. The molecule has 3 aliphatic carbocycles. The van der Waals surface area contributed by atoms with Gasteiger partial charge in [-0.2, -0.15) is 0 Å². The summed E-state index contributed by atoms with van der Waals surface area (Å²) in [7, 11) is 3.06. The lowest BCUT2D eigenvalue weighted by Gasteiger charge is -2.52. The summed E-state index contributed by atoms with van der Waals surface area (Å²) in [6.07, 6.45) is -1.57. The van der Waals surface area contributed by atoms with Crippen LogP contribution in [0.2, 0.25) is 5.02 Å². The van der Waals surface area contributed by atoms with E-state index in [0.29, 0.717) is 0 Å². The first-order valence-electron chi connectivity index (χ1n) is 10.1. The molecule has 11 heteroatoms. The third-order valence-corrected chi connectivity index (χ3v) is 7.44. The van der Waals surface area contributed by atoms with Crippen LogP contribution in [-0.2, 0) is 14.4 Å². The highest BCUT2D eigenvalue weighted by Gasteiger charge is 2.65. The maximum atomic E-state index is 13.9.